The highest BCUT2D eigenvalue weighted by Crippen LogP contribution is 2.36. The molecule has 134 valence electrons. The van der Waals surface area contributed by atoms with Gasteiger partial charge in [-0.1, -0.05) is 29.5 Å². The number of aryl methyl sites for hydroxylation is 1. The van der Waals surface area contributed by atoms with Gasteiger partial charge in [-0.05, 0) is 31.2 Å². The number of hydrogen-bond donors (Lipinski definition) is 0. The van der Waals surface area contributed by atoms with Gasteiger partial charge in [0.25, 0.3) is 5.69 Å². The van der Waals surface area contributed by atoms with Crippen molar-refractivity contribution in [3.8, 4) is 5.69 Å². The van der Waals surface area contributed by atoms with Crippen molar-refractivity contribution in [1.29, 1.82) is 0 Å². The predicted molar refractivity (Wildman–Crippen MR) is 90.5 cm³/mol. The fourth-order valence-electron chi connectivity index (χ4n) is 2.31. The van der Waals surface area contributed by atoms with Crippen LogP contribution in [0.4, 0.5) is 18.9 Å². The van der Waals surface area contributed by atoms with Gasteiger partial charge in [-0.25, -0.2) is 4.98 Å². The maximum atomic E-state index is 12.9. The molecule has 0 fully saturated rings. The summed E-state index contributed by atoms with van der Waals surface area (Å²) in [6.07, 6.45) is -1.73. The molecule has 0 aliphatic carbocycles. The van der Waals surface area contributed by atoms with Crippen LogP contribution in [-0.4, -0.2) is 14.5 Å². The standard InChI is InChI=1S/C17H12F3N3O2S/c1-11-2-5-13(6-3-11)26-16-21-8-9-22(16)14-7-4-12(17(18,19)20)10-15(14)23(24)25/h2-10H,1H3. The largest absolute Gasteiger partial charge is 0.416 e. The van der Waals surface area contributed by atoms with Gasteiger partial charge in [-0.2, -0.15) is 13.2 Å². The van der Waals surface area contributed by atoms with Crippen molar-refractivity contribution in [3.05, 3.63) is 76.1 Å². The van der Waals surface area contributed by atoms with Crippen LogP contribution in [0.1, 0.15) is 11.1 Å². The van der Waals surface area contributed by atoms with Gasteiger partial charge in [0.1, 0.15) is 5.69 Å². The third-order valence-corrected chi connectivity index (χ3v) is 4.59. The normalized spacial score (nSPS) is 11.5. The number of imidazole rings is 1. The lowest BCUT2D eigenvalue weighted by Crippen LogP contribution is -2.08. The molecule has 5 nitrogen and oxygen atoms in total. The van der Waals surface area contributed by atoms with Crippen LogP contribution >= 0.6 is 11.8 Å². The zero-order valence-electron chi connectivity index (χ0n) is 13.4. The molecule has 0 atom stereocenters. The lowest BCUT2D eigenvalue weighted by molar-refractivity contribution is -0.384. The number of alkyl halides is 3. The zero-order valence-corrected chi connectivity index (χ0v) is 14.2. The van der Waals surface area contributed by atoms with Crippen LogP contribution in [0.25, 0.3) is 5.69 Å². The summed E-state index contributed by atoms with van der Waals surface area (Å²) in [6, 6.07) is 10.0. The van der Waals surface area contributed by atoms with E-state index in [1.807, 2.05) is 31.2 Å². The van der Waals surface area contributed by atoms with Crippen molar-refractivity contribution in [2.45, 2.75) is 23.2 Å². The Kier molecular flexibility index (Phi) is 4.73. The third-order valence-electron chi connectivity index (χ3n) is 3.60. The Labute approximate surface area is 150 Å². The second-order valence-electron chi connectivity index (χ2n) is 5.45. The first-order valence-corrected chi connectivity index (χ1v) is 8.21. The summed E-state index contributed by atoms with van der Waals surface area (Å²) in [7, 11) is 0. The van der Waals surface area contributed by atoms with Crippen LogP contribution in [0.5, 0.6) is 0 Å². The molecule has 9 heteroatoms. The minimum atomic E-state index is -4.66. The van der Waals surface area contributed by atoms with E-state index in [9.17, 15) is 23.3 Å². The first kappa shape index (κ1) is 18.0. The average molecular weight is 379 g/mol. The first-order chi connectivity index (χ1) is 12.3. The van der Waals surface area contributed by atoms with Crippen LogP contribution in [0, 0.1) is 17.0 Å². The fourth-order valence-corrected chi connectivity index (χ4v) is 3.16. The number of nitrogens with zero attached hydrogens (tertiary/aromatic N) is 3. The predicted octanol–water partition coefficient (Wildman–Crippen LogP) is 5.26. The molecule has 2 aromatic carbocycles. The lowest BCUT2D eigenvalue weighted by Gasteiger charge is -2.11. The van der Waals surface area contributed by atoms with Crippen molar-refractivity contribution < 1.29 is 18.1 Å². The smallest absolute Gasteiger partial charge is 0.288 e. The van der Waals surface area contributed by atoms with E-state index in [0.29, 0.717) is 11.2 Å². The molecule has 0 amide bonds. The molecular formula is C17H12F3N3O2S. The molecule has 3 aromatic rings. The number of benzene rings is 2. The summed E-state index contributed by atoms with van der Waals surface area (Å²) in [4.78, 5) is 15.5. The van der Waals surface area contributed by atoms with E-state index in [1.54, 1.807) is 0 Å². The molecular weight excluding hydrogens is 367 g/mol. The molecule has 0 saturated carbocycles. The average Bonchev–Trinajstić information content (AvgIpc) is 3.03. The molecule has 0 N–H and O–H groups in total. The second kappa shape index (κ2) is 6.83. The molecule has 0 unspecified atom stereocenters. The minimum absolute atomic E-state index is 0.0233. The summed E-state index contributed by atoms with van der Waals surface area (Å²) in [5, 5.41) is 11.7. The number of hydrogen-bond acceptors (Lipinski definition) is 4. The van der Waals surface area contributed by atoms with Crippen LogP contribution < -0.4 is 0 Å². The van der Waals surface area contributed by atoms with E-state index in [2.05, 4.69) is 4.98 Å². The summed E-state index contributed by atoms with van der Waals surface area (Å²) in [5.74, 6) is 0. The zero-order chi connectivity index (χ0) is 18.9. The highest BCUT2D eigenvalue weighted by Gasteiger charge is 2.33. The van der Waals surface area contributed by atoms with E-state index in [1.165, 1.54) is 28.7 Å². The van der Waals surface area contributed by atoms with Gasteiger partial charge in [0.05, 0.1) is 10.5 Å². The number of halogens is 3. The molecule has 0 saturated heterocycles. The number of nitro groups is 1. The molecule has 26 heavy (non-hydrogen) atoms. The van der Waals surface area contributed by atoms with Crippen LogP contribution in [0.2, 0.25) is 0 Å². The molecule has 0 aliphatic heterocycles. The second-order valence-corrected chi connectivity index (χ2v) is 6.49. The monoisotopic (exact) mass is 379 g/mol. The van der Waals surface area contributed by atoms with Crippen molar-refractivity contribution in [2.24, 2.45) is 0 Å². The van der Waals surface area contributed by atoms with Crippen LogP contribution in [0.15, 0.2) is 64.9 Å². The van der Waals surface area contributed by atoms with Crippen LogP contribution in [-0.2, 0) is 6.18 Å². The van der Waals surface area contributed by atoms with Crippen molar-refractivity contribution in [3.63, 3.8) is 0 Å². The Morgan fingerprint density at radius 3 is 2.46 bits per heavy atom. The summed E-state index contributed by atoms with van der Waals surface area (Å²) in [6.45, 7) is 1.95. The van der Waals surface area contributed by atoms with Gasteiger partial charge < -0.3 is 0 Å². The summed E-state index contributed by atoms with van der Waals surface area (Å²) < 4.78 is 40.0. The Bertz CT molecular complexity index is 953. The number of nitro benzene ring substituents is 1. The summed E-state index contributed by atoms with van der Waals surface area (Å²) >= 11 is 1.26. The Morgan fingerprint density at radius 2 is 1.85 bits per heavy atom. The highest BCUT2D eigenvalue weighted by atomic mass is 32.2. The molecule has 1 aromatic heterocycles. The lowest BCUT2D eigenvalue weighted by atomic mass is 10.1. The van der Waals surface area contributed by atoms with Gasteiger partial charge in [-0.15, -0.1) is 0 Å². The quantitative estimate of drug-likeness (QED) is 0.458. The van der Waals surface area contributed by atoms with Gasteiger partial charge >= 0.3 is 6.18 Å². The SMILES string of the molecule is Cc1ccc(Sc2nccn2-c2ccc(C(F)(F)F)cc2[N+](=O)[O-])cc1. The fraction of sp³-hybridized carbons (Fsp3) is 0.118. The van der Waals surface area contributed by atoms with Crippen molar-refractivity contribution in [1.82, 2.24) is 9.55 Å². The number of aromatic nitrogens is 2. The Hall–Kier alpha value is -2.81. The maximum Gasteiger partial charge on any atom is 0.416 e. The molecule has 0 bridgehead atoms. The topological polar surface area (TPSA) is 61.0 Å². The Morgan fingerprint density at radius 1 is 1.15 bits per heavy atom. The van der Waals surface area contributed by atoms with Crippen LogP contribution in [0.3, 0.4) is 0 Å². The first-order valence-electron chi connectivity index (χ1n) is 7.39. The third kappa shape index (κ3) is 3.72. The van der Waals surface area contributed by atoms with E-state index >= 15 is 0 Å². The molecule has 3 rings (SSSR count). The molecule has 1 heterocycles. The molecule has 0 spiro atoms. The van der Waals surface area contributed by atoms with Gasteiger partial charge in [0, 0.05) is 23.4 Å². The van der Waals surface area contributed by atoms with Gasteiger partial charge in [-0.3, -0.25) is 14.7 Å². The van der Waals surface area contributed by atoms with E-state index in [4.69, 9.17) is 0 Å². The van der Waals surface area contributed by atoms with Crippen molar-refractivity contribution >= 4 is 17.4 Å². The highest BCUT2D eigenvalue weighted by molar-refractivity contribution is 7.99. The maximum absolute atomic E-state index is 12.9. The van der Waals surface area contributed by atoms with E-state index in [0.717, 1.165) is 22.6 Å². The van der Waals surface area contributed by atoms with E-state index < -0.39 is 22.4 Å². The number of rotatable bonds is 4. The molecule has 0 radical (unpaired) electrons. The van der Waals surface area contributed by atoms with E-state index in [-0.39, 0.29) is 5.69 Å². The van der Waals surface area contributed by atoms with Gasteiger partial charge in [0.15, 0.2) is 5.16 Å². The molecule has 0 aliphatic rings. The van der Waals surface area contributed by atoms with Crippen molar-refractivity contribution in [2.75, 3.05) is 0 Å². The minimum Gasteiger partial charge on any atom is -0.288 e. The summed E-state index contributed by atoms with van der Waals surface area (Å²) in [5.41, 5.74) is -0.601. The van der Waals surface area contributed by atoms with Gasteiger partial charge in [0.2, 0.25) is 0 Å². The Balaban J connectivity index is 2.03.